The van der Waals surface area contributed by atoms with Crippen LogP contribution in [0.2, 0.25) is 0 Å². The van der Waals surface area contributed by atoms with Gasteiger partial charge in [0.2, 0.25) is 11.8 Å². The minimum Gasteiger partial charge on any atom is -0.457 e. The number of carbonyl (C=O) groups excluding carboxylic acids is 3. The first-order valence-corrected chi connectivity index (χ1v) is 14.1. The first-order valence-electron chi connectivity index (χ1n) is 13.2. The summed E-state index contributed by atoms with van der Waals surface area (Å²) in [6.07, 6.45) is 2.56. The number of anilines is 2. The lowest BCUT2D eigenvalue weighted by Gasteiger charge is -2.35. The summed E-state index contributed by atoms with van der Waals surface area (Å²) in [5.74, 6) is 0.918. The van der Waals surface area contributed by atoms with Crippen LogP contribution >= 0.6 is 11.8 Å². The molecule has 2 N–H and O–H groups in total. The standard InChI is InChI=1S/C30H29N5O5S/c1-4-24(36)34-15-20(23(16-34)39-3)32-28(37)27-26-25-22(12-13-31-29(25)41-27)35(30(38)33-26)21-11-10-19(14-17(21)2)40-18-8-6-5-7-9-18/h4-14,20,23,26-27H,1,15-16H2,2-3H3,(H,32,37)(H,33,38)/t20-,23-,26?,27?/m0/s1. The lowest BCUT2D eigenvalue weighted by Crippen LogP contribution is -2.52. The molecular formula is C30H29N5O5S. The average Bonchev–Trinajstić information content (AvgIpc) is 3.56. The molecule has 4 heterocycles. The van der Waals surface area contributed by atoms with Gasteiger partial charge in [-0.05, 0) is 55.0 Å². The van der Waals surface area contributed by atoms with Crippen molar-refractivity contribution in [2.45, 2.75) is 35.4 Å². The van der Waals surface area contributed by atoms with Gasteiger partial charge in [-0.3, -0.25) is 14.5 Å². The van der Waals surface area contributed by atoms with Crippen LogP contribution in [0.4, 0.5) is 16.2 Å². The van der Waals surface area contributed by atoms with Crippen molar-refractivity contribution in [2.24, 2.45) is 0 Å². The van der Waals surface area contributed by atoms with E-state index in [1.807, 2.05) is 55.5 Å². The smallest absolute Gasteiger partial charge is 0.327 e. The van der Waals surface area contributed by atoms with Crippen molar-refractivity contribution in [3.05, 3.63) is 84.6 Å². The number of methoxy groups -OCH3 is 1. The predicted molar refractivity (Wildman–Crippen MR) is 154 cm³/mol. The molecule has 1 aromatic heterocycles. The second kappa shape index (κ2) is 10.9. The molecule has 41 heavy (non-hydrogen) atoms. The quantitative estimate of drug-likeness (QED) is 0.411. The van der Waals surface area contributed by atoms with Crippen molar-refractivity contribution in [1.82, 2.24) is 20.5 Å². The molecule has 1 saturated heterocycles. The van der Waals surface area contributed by atoms with Gasteiger partial charge in [-0.15, -0.1) is 0 Å². The molecule has 3 aromatic rings. The maximum atomic E-state index is 13.6. The van der Waals surface area contributed by atoms with E-state index < -0.39 is 11.3 Å². The Labute approximate surface area is 241 Å². The molecule has 6 rings (SSSR count). The van der Waals surface area contributed by atoms with Gasteiger partial charge in [0.15, 0.2) is 0 Å². The van der Waals surface area contributed by atoms with Crippen LogP contribution < -0.4 is 20.3 Å². The summed E-state index contributed by atoms with van der Waals surface area (Å²) < 4.78 is 11.5. The van der Waals surface area contributed by atoms with Gasteiger partial charge in [-0.2, -0.15) is 0 Å². The third-order valence-corrected chi connectivity index (χ3v) is 8.82. The van der Waals surface area contributed by atoms with E-state index in [0.29, 0.717) is 35.2 Å². The largest absolute Gasteiger partial charge is 0.457 e. The number of pyridine rings is 1. The maximum absolute atomic E-state index is 13.6. The van der Waals surface area contributed by atoms with Crippen LogP contribution in [0.3, 0.4) is 0 Å². The van der Waals surface area contributed by atoms with E-state index in [-0.39, 0.29) is 30.0 Å². The van der Waals surface area contributed by atoms with E-state index in [4.69, 9.17) is 9.47 Å². The van der Waals surface area contributed by atoms with Gasteiger partial charge in [-0.1, -0.05) is 36.5 Å². The average molecular weight is 572 g/mol. The van der Waals surface area contributed by atoms with Crippen LogP contribution in [-0.2, 0) is 14.3 Å². The number of benzene rings is 2. The third-order valence-electron chi connectivity index (χ3n) is 7.54. The Morgan fingerprint density at radius 1 is 1.12 bits per heavy atom. The van der Waals surface area contributed by atoms with Gasteiger partial charge < -0.3 is 25.0 Å². The zero-order valence-corrected chi connectivity index (χ0v) is 23.4. The number of nitrogens with one attached hydrogen (secondary N) is 2. The number of ether oxygens (including phenoxy) is 2. The number of hydrogen-bond acceptors (Lipinski definition) is 7. The Bertz CT molecular complexity index is 1530. The number of likely N-dealkylation sites (tertiary alicyclic amines) is 1. The maximum Gasteiger partial charge on any atom is 0.327 e. The van der Waals surface area contributed by atoms with Gasteiger partial charge in [0.25, 0.3) is 0 Å². The van der Waals surface area contributed by atoms with Crippen LogP contribution in [0, 0.1) is 6.92 Å². The number of urea groups is 1. The highest BCUT2D eigenvalue weighted by atomic mass is 32.2. The molecule has 3 aliphatic rings. The minimum atomic E-state index is -0.630. The summed E-state index contributed by atoms with van der Waals surface area (Å²) in [4.78, 5) is 47.0. The summed E-state index contributed by atoms with van der Waals surface area (Å²) in [7, 11) is 1.56. The minimum absolute atomic E-state index is 0.213. The molecule has 10 nitrogen and oxygen atoms in total. The van der Waals surface area contributed by atoms with Crippen molar-refractivity contribution in [3.63, 3.8) is 0 Å². The van der Waals surface area contributed by atoms with Gasteiger partial charge in [0, 0.05) is 32.0 Å². The number of amides is 4. The molecule has 2 unspecified atom stereocenters. The van der Waals surface area contributed by atoms with E-state index in [2.05, 4.69) is 22.2 Å². The second-order valence-corrected chi connectivity index (χ2v) is 11.2. The first kappa shape index (κ1) is 26.9. The predicted octanol–water partition coefficient (Wildman–Crippen LogP) is 4.09. The molecule has 0 spiro atoms. The fraction of sp³-hybridized carbons (Fsp3) is 0.267. The number of hydrogen-bond donors (Lipinski definition) is 2. The van der Waals surface area contributed by atoms with E-state index in [1.165, 1.54) is 17.8 Å². The Balaban J connectivity index is 1.24. The Morgan fingerprint density at radius 3 is 2.66 bits per heavy atom. The third kappa shape index (κ3) is 4.91. The number of carbonyl (C=O) groups is 3. The Hall–Kier alpha value is -4.35. The summed E-state index contributed by atoms with van der Waals surface area (Å²) in [5.41, 5.74) is 3.04. The van der Waals surface area contributed by atoms with Crippen LogP contribution in [-0.4, -0.2) is 65.3 Å². The monoisotopic (exact) mass is 571 g/mol. The highest BCUT2D eigenvalue weighted by Crippen LogP contribution is 2.51. The molecule has 3 aliphatic heterocycles. The molecule has 2 aromatic carbocycles. The highest BCUT2D eigenvalue weighted by Gasteiger charge is 2.48. The van der Waals surface area contributed by atoms with Crippen molar-refractivity contribution in [3.8, 4) is 11.5 Å². The van der Waals surface area contributed by atoms with Crippen molar-refractivity contribution in [2.75, 3.05) is 25.1 Å². The van der Waals surface area contributed by atoms with E-state index in [9.17, 15) is 14.4 Å². The fourth-order valence-corrected chi connectivity index (χ4v) is 6.79. The molecule has 0 bridgehead atoms. The Morgan fingerprint density at radius 2 is 1.93 bits per heavy atom. The van der Waals surface area contributed by atoms with Crippen LogP contribution in [0.5, 0.6) is 11.5 Å². The molecule has 210 valence electrons. The van der Waals surface area contributed by atoms with E-state index in [0.717, 1.165) is 16.9 Å². The lowest BCUT2D eigenvalue weighted by atomic mass is 9.99. The van der Waals surface area contributed by atoms with Gasteiger partial charge in [0.05, 0.1) is 29.6 Å². The zero-order chi connectivity index (χ0) is 28.7. The molecule has 1 fully saturated rings. The summed E-state index contributed by atoms with van der Waals surface area (Å²) in [6.45, 7) is 6.15. The number of thioether (sulfide) groups is 1. The first-order chi connectivity index (χ1) is 19.9. The van der Waals surface area contributed by atoms with Gasteiger partial charge in [-0.25, -0.2) is 9.78 Å². The molecule has 4 atom stereocenters. The number of aromatic nitrogens is 1. The van der Waals surface area contributed by atoms with Crippen molar-refractivity contribution >= 4 is 41.0 Å². The van der Waals surface area contributed by atoms with E-state index >= 15 is 0 Å². The van der Waals surface area contributed by atoms with Crippen molar-refractivity contribution < 1.29 is 23.9 Å². The molecular weight excluding hydrogens is 542 g/mol. The molecule has 0 aliphatic carbocycles. The zero-order valence-electron chi connectivity index (χ0n) is 22.6. The number of nitrogens with zero attached hydrogens (tertiary/aromatic N) is 3. The highest BCUT2D eigenvalue weighted by molar-refractivity contribution is 8.01. The summed E-state index contributed by atoms with van der Waals surface area (Å²) >= 11 is 1.32. The molecule has 4 amide bonds. The topological polar surface area (TPSA) is 113 Å². The van der Waals surface area contributed by atoms with Crippen molar-refractivity contribution in [1.29, 1.82) is 0 Å². The Kier molecular flexibility index (Phi) is 7.14. The van der Waals surface area contributed by atoms with Gasteiger partial charge in [0.1, 0.15) is 21.8 Å². The second-order valence-electron chi connectivity index (χ2n) is 10.0. The number of para-hydroxylation sites is 1. The lowest BCUT2D eigenvalue weighted by molar-refractivity contribution is -0.126. The fourth-order valence-electron chi connectivity index (χ4n) is 5.56. The number of rotatable bonds is 7. The van der Waals surface area contributed by atoms with Gasteiger partial charge >= 0.3 is 6.03 Å². The normalized spacial score (nSPS) is 22.6. The van der Waals surface area contributed by atoms with Crippen LogP contribution in [0.15, 0.2) is 78.5 Å². The molecule has 0 saturated carbocycles. The van der Waals surface area contributed by atoms with Crippen LogP contribution in [0.25, 0.3) is 0 Å². The van der Waals surface area contributed by atoms with Crippen LogP contribution in [0.1, 0.15) is 17.2 Å². The van der Waals surface area contributed by atoms with E-state index in [1.54, 1.807) is 29.2 Å². The molecule has 0 radical (unpaired) electrons. The summed E-state index contributed by atoms with van der Waals surface area (Å²) in [6, 6.07) is 15.6. The number of aryl methyl sites for hydroxylation is 1. The SMILES string of the molecule is C=CC(=O)N1C[C@H](NC(=O)C2Sc3nccc4c3C2NC(=O)N4c2ccc(Oc3ccccc3)cc2C)[C@@H](OC)C1. The molecule has 11 heteroatoms. The summed E-state index contributed by atoms with van der Waals surface area (Å²) in [5, 5.41) is 6.16.